The van der Waals surface area contributed by atoms with Crippen molar-refractivity contribution < 1.29 is 15.9 Å². The van der Waals surface area contributed by atoms with Gasteiger partial charge in [-0.2, -0.15) is 52.8 Å². The van der Waals surface area contributed by atoms with Crippen molar-refractivity contribution in [3.8, 4) is 0 Å². The fourth-order valence-electron chi connectivity index (χ4n) is 0.676. The van der Waals surface area contributed by atoms with E-state index in [0.717, 1.165) is 5.92 Å². The minimum atomic E-state index is -0.287. The van der Waals surface area contributed by atoms with Gasteiger partial charge in [0.15, 0.2) is 0 Å². The third-order valence-electron chi connectivity index (χ3n) is 1.65. The van der Waals surface area contributed by atoms with Gasteiger partial charge in [-0.05, 0) is 4.84 Å². The summed E-state index contributed by atoms with van der Waals surface area (Å²) in [5.41, 5.74) is 1.22. The van der Waals surface area contributed by atoms with Crippen molar-refractivity contribution in [1.29, 1.82) is 0 Å². The van der Waals surface area contributed by atoms with Crippen LogP contribution in [0.25, 0.3) is 0 Å². The Morgan fingerprint density at radius 1 is 1.00 bits per heavy atom. The molecule has 0 aliphatic heterocycles. The summed E-state index contributed by atoms with van der Waals surface area (Å²) in [5.74, 6) is 2.46. The summed E-state index contributed by atoms with van der Waals surface area (Å²) in [6.07, 6.45) is 0. The van der Waals surface area contributed by atoms with Gasteiger partial charge in [0.1, 0.15) is 0 Å². The number of hydrogen-bond donors (Lipinski definition) is 0. The summed E-state index contributed by atoms with van der Waals surface area (Å²) in [7, 11) is 13.7. The molecule has 0 radical (unpaired) electrons. The molecule has 0 heterocycles. The van der Waals surface area contributed by atoms with Crippen LogP contribution in [0, 0.1) is 17.9 Å². The summed E-state index contributed by atoms with van der Waals surface area (Å²) < 4.78 is 0. The zero-order valence-corrected chi connectivity index (χ0v) is 18.7. The topological polar surface area (TPSA) is 3.24 Å². The molecular formula is C16H26Cl4NPd-3. The predicted octanol–water partition coefficient (Wildman–Crippen LogP) is 6.95. The van der Waals surface area contributed by atoms with Gasteiger partial charge in [-0.15, -0.1) is 35.3 Å². The van der Waals surface area contributed by atoms with Gasteiger partial charge in [0.05, 0.1) is 0 Å². The Balaban J connectivity index is -0.000000243. The summed E-state index contributed by atoms with van der Waals surface area (Å²) >= 11 is 10.6. The van der Waals surface area contributed by atoms with E-state index in [1.54, 1.807) is 0 Å². The van der Waals surface area contributed by atoms with E-state index in [9.17, 15) is 0 Å². The summed E-state index contributed by atoms with van der Waals surface area (Å²) in [4.78, 5) is 1.78. The summed E-state index contributed by atoms with van der Waals surface area (Å²) in [6.45, 7) is 10.0. The first-order chi connectivity index (χ1) is 10.1. The molecule has 0 unspecified atom stereocenters. The number of halogens is 4. The molecule has 0 bridgehead atoms. The van der Waals surface area contributed by atoms with E-state index in [4.69, 9.17) is 42.3 Å². The van der Waals surface area contributed by atoms with Crippen LogP contribution in [0.4, 0.5) is 5.69 Å². The average Bonchev–Trinajstić information content (AvgIpc) is 2.40. The fraction of sp³-hybridized carbons (Fsp3) is 0.500. The van der Waals surface area contributed by atoms with Gasteiger partial charge in [0.2, 0.25) is 0 Å². The van der Waals surface area contributed by atoms with E-state index >= 15 is 0 Å². The van der Waals surface area contributed by atoms with Crippen LogP contribution < -0.4 is 4.90 Å². The van der Waals surface area contributed by atoms with E-state index < -0.39 is 0 Å². The molecule has 0 saturated heterocycles. The molecule has 0 amide bonds. The second kappa shape index (κ2) is 19.9. The monoisotopic (exact) mass is 478 g/mol. The Labute approximate surface area is 163 Å². The summed E-state index contributed by atoms with van der Waals surface area (Å²) in [5, 5.41) is 0. The summed E-state index contributed by atoms with van der Waals surface area (Å²) in [6, 6.07) is 10.8. The number of hydrogen-bond acceptors (Lipinski definition) is 1. The molecule has 0 aliphatic rings. The van der Waals surface area contributed by atoms with Crippen molar-refractivity contribution in [1.82, 2.24) is 0 Å². The molecule has 0 saturated carbocycles. The molecule has 22 heavy (non-hydrogen) atoms. The zero-order chi connectivity index (χ0) is 18.1. The maximum atomic E-state index is 5.34. The van der Waals surface area contributed by atoms with Crippen LogP contribution >= 0.6 is 42.3 Å². The van der Waals surface area contributed by atoms with E-state index in [2.05, 4.69) is 31.7 Å². The Morgan fingerprint density at radius 3 is 1.41 bits per heavy atom. The molecule has 0 atom stereocenters. The van der Waals surface area contributed by atoms with Crippen LogP contribution in [-0.2, 0) is 15.9 Å². The van der Waals surface area contributed by atoms with E-state index in [1.807, 2.05) is 52.2 Å². The molecule has 1 nitrogen and oxygen atoms in total. The molecule has 0 fully saturated rings. The third-order valence-corrected chi connectivity index (χ3v) is 2.53. The molecule has 6 heteroatoms. The Kier molecular flexibility index (Phi) is 25.0. The van der Waals surface area contributed by atoms with E-state index in [-0.39, 0.29) is 20.8 Å². The Bertz CT molecular complexity index is 298. The first-order valence-corrected chi connectivity index (χ1v) is 11.3. The maximum absolute atomic E-state index is 5.34. The van der Waals surface area contributed by atoms with Crippen LogP contribution in [0.5, 0.6) is 0 Å². The minimum absolute atomic E-state index is 0.106. The van der Waals surface area contributed by atoms with Crippen molar-refractivity contribution in [3.05, 3.63) is 42.2 Å². The van der Waals surface area contributed by atoms with Crippen LogP contribution in [0.1, 0.15) is 34.6 Å². The zero-order valence-electron chi connectivity index (χ0n) is 14.2. The van der Waals surface area contributed by atoms with Gasteiger partial charge in [0.25, 0.3) is 0 Å². The van der Waals surface area contributed by atoms with Crippen molar-refractivity contribution in [2.45, 2.75) is 39.5 Å². The second-order valence-electron chi connectivity index (χ2n) is 5.08. The van der Waals surface area contributed by atoms with Crippen LogP contribution in [0.3, 0.4) is 0 Å². The van der Waals surface area contributed by atoms with Gasteiger partial charge in [0, 0.05) is 14.1 Å². The number of rotatable bonds is 2. The Morgan fingerprint density at radius 2 is 1.27 bits per heavy atom. The van der Waals surface area contributed by atoms with Crippen LogP contribution in [0.2, 0.25) is 0 Å². The normalized spacial score (nSPS) is 9.36. The van der Waals surface area contributed by atoms with Crippen LogP contribution in [-0.4, -0.2) is 18.9 Å². The van der Waals surface area contributed by atoms with Gasteiger partial charge in [-0.25, -0.2) is 0 Å². The van der Waals surface area contributed by atoms with E-state index in [0.29, 0.717) is 0 Å². The number of alkyl halides is 2. The SMILES string of the molecule is CN(C)c1cc[c-]cc1.C[C-](C)C.C[C-](C)C(Cl)Cl.[Cl][Pd][Cl]. The molecular weight excluding hydrogens is 454 g/mol. The Hall–Kier alpha value is 0.842. The molecule has 136 valence electrons. The first-order valence-electron chi connectivity index (χ1n) is 6.40. The van der Waals surface area contributed by atoms with Crippen molar-refractivity contribution in [3.63, 3.8) is 0 Å². The molecule has 0 spiro atoms. The van der Waals surface area contributed by atoms with Gasteiger partial charge >= 0.3 is 35.0 Å². The van der Waals surface area contributed by atoms with Gasteiger partial charge < -0.3 is 10.8 Å². The van der Waals surface area contributed by atoms with Gasteiger partial charge in [-0.1, -0.05) is 5.69 Å². The molecule has 1 aromatic carbocycles. The van der Waals surface area contributed by atoms with Crippen molar-refractivity contribution in [2.75, 3.05) is 19.0 Å². The second-order valence-corrected chi connectivity index (χ2v) is 8.53. The molecule has 0 aliphatic carbocycles. The standard InChI is InChI=1S/C8H10N.C4H7Cl2.C4H9.2ClH.Pd/c1-9(2)8-6-4-3-5-7-8;1-3(2)4(5)6;1-4(2)3;;;/h4-7H,1-2H3;4H,1-2H3;1-3H3;2*1H;/q3*-1;;;+2/p-2. The van der Waals surface area contributed by atoms with Crippen LogP contribution in [0.15, 0.2) is 24.3 Å². The number of benzene rings is 1. The molecule has 0 N–H and O–H groups in total. The average molecular weight is 481 g/mol. The third kappa shape index (κ3) is 28.9. The predicted molar refractivity (Wildman–Crippen MR) is 102 cm³/mol. The first kappa shape index (κ1) is 27.7. The fourth-order valence-corrected chi connectivity index (χ4v) is 0.676. The number of anilines is 1. The van der Waals surface area contributed by atoms with Gasteiger partial charge in [-0.3, -0.25) is 5.92 Å². The molecule has 1 aromatic rings. The number of nitrogens with zero attached hydrogens (tertiary/aromatic N) is 1. The molecule has 0 aromatic heterocycles. The van der Waals surface area contributed by atoms with E-state index in [1.165, 1.54) is 11.6 Å². The van der Waals surface area contributed by atoms with Crippen molar-refractivity contribution in [2.24, 2.45) is 0 Å². The quantitative estimate of drug-likeness (QED) is 0.251. The van der Waals surface area contributed by atoms with Crippen molar-refractivity contribution >= 4 is 47.9 Å². The molecule has 1 rings (SSSR count).